The molecule has 5 nitrogen and oxygen atoms in total. The van der Waals surface area contributed by atoms with Crippen LogP contribution >= 0.6 is 0 Å². The molecule has 30 heavy (non-hydrogen) atoms. The smallest absolute Gasteiger partial charge is 0.240 e. The second-order valence-electron chi connectivity index (χ2n) is 7.28. The highest BCUT2D eigenvalue weighted by atomic mass is 16.2. The van der Waals surface area contributed by atoms with Crippen LogP contribution < -0.4 is 11.1 Å². The minimum atomic E-state index is -0.813. The fourth-order valence-electron chi connectivity index (χ4n) is 3.78. The maximum atomic E-state index is 13.3. The molecule has 1 aromatic heterocycles. The number of aromatic amines is 1. The molecule has 0 aliphatic carbocycles. The number of fused-ring (bicyclic) bond motifs is 1. The molecule has 5 heteroatoms. The van der Waals surface area contributed by atoms with E-state index >= 15 is 0 Å². The zero-order valence-corrected chi connectivity index (χ0v) is 16.4. The zero-order chi connectivity index (χ0) is 20.9. The van der Waals surface area contributed by atoms with Gasteiger partial charge in [0.25, 0.3) is 0 Å². The van der Waals surface area contributed by atoms with Crippen molar-refractivity contribution in [3.63, 3.8) is 0 Å². The van der Waals surface area contributed by atoms with Gasteiger partial charge in [-0.1, -0.05) is 78.9 Å². The third-order valence-electron chi connectivity index (χ3n) is 5.29. The first-order valence-electron chi connectivity index (χ1n) is 9.88. The molecule has 1 atom stereocenters. The molecule has 150 valence electrons. The van der Waals surface area contributed by atoms with E-state index in [2.05, 4.69) is 10.3 Å². The lowest BCUT2D eigenvalue weighted by Gasteiger charge is -2.22. The first-order chi connectivity index (χ1) is 14.6. The number of H-pyrrole nitrogens is 1. The van der Waals surface area contributed by atoms with Gasteiger partial charge in [0.1, 0.15) is 6.04 Å². The van der Waals surface area contributed by atoms with E-state index in [1.54, 1.807) is 0 Å². The van der Waals surface area contributed by atoms with Gasteiger partial charge < -0.3 is 16.0 Å². The fraction of sp³-hybridized carbons (Fsp3) is 0.120. The summed E-state index contributed by atoms with van der Waals surface area (Å²) in [7, 11) is 0. The quantitative estimate of drug-likeness (QED) is 0.446. The van der Waals surface area contributed by atoms with Gasteiger partial charge in [-0.2, -0.15) is 0 Å². The van der Waals surface area contributed by atoms with Crippen molar-refractivity contribution in [2.45, 2.75) is 18.4 Å². The molecule has 0 unspecified atom stereocenters. The number of hydrogen-bond donors (Lipinski definition) is 3. The summed E-state index contributed by atoms with van der Waals surface area (Å²) < 4.78 is 0. The molecule has 0 bridgehead atoms. The van der Waals surface area contributed by atoms with Crippen molar-refractivity contribution in [3.05, 3.63) is 108 Å². The summed E-state index contributed by atoms with van der Waals surface area (Å²) in [5, 5.41) is 3.90. The van der Waals surface area contributed by atoms with Crippen LogP contribution in [0.1, 0.15) is 22.6 Å². The molecule has 3 aromatic carbocycles. The molecule has 0 aliphatic heterocycles. The van der Waals surface area contributed by atoms with E-state index < -0.39 is 17.9 Å². The molecule has 0 spiro atoms. The van der Waals surface area contributed by atoms with Crippen molar-refractivity contribution in [2.24, 2.45) is 5.73 Å². The van der Waals surface area contributed by atoms with Gasteiger partial charge in [0, 0.05) is 23.5 Å². The lowest BCUT2D eigenvalue weighted by atomic mass is 9.90. The predicted molar refractivity (Wildman–Crippen MR) is 118 cm³/mol. The number of para-hydroxylation sites is 1. The van der Waals surface area contributed by atoms with Crippen LogP contribution in [0.5, 0.6) is 0 Å². The van der Waals surface area contributed by atoms with Gasteiger partial charge in [0.05, 0.1) is 5.92 Å². The number of rotatable bonds is 7. The van der Waals surface area contributed by atoms with Crippen LogP contribution in [0.2, 0.25) is 0 Å². The highest BCUT2D eigenvalue weighted by Crippen LogP contribution is 2.25. The van der Waals surface area contributed by atoms with Crippen LogP contribution in [0.3, 0.4) is 0 Å². The second kappa shape index (κ2) is 8.66. The monoisotopic (exact) mass is 397 g/mol. The van der Waals surface area contributed by atoms with Crippen LogP contribution in [0, 0.1) is 0 Å². The minimum Gasteiger partial charge on any atom is -0.368 e. The standard InChI is InChI=1S/C25H23N3O2/c26-24(29)22(15-19-16-27-21-14-8-7-13-20(19)21)28-25(30)23(17-9-3-1-4-10-17)18-11-5-2-6-12-18/h1-14,16,22-23,27H,15H2,(H2,26,29)(H,28,30)/t22-/m0/s1. The molecule has 4 N–H and O–H groups in total. The molecule has 1 heterocycles. The molecule has 4 rings (SSSR count). The summed E-state index contributed by atoms with van der Waals surface area (Å²) in [5.41, 5.74) is 9.29. The van der Waals surface area contributed by atoms with Gasteiger partial charge in [-0.25, -0.2) is 0 Å². The Kier molecular flexibility index (Phi) is 5.61. The summed E-state index contributed by atoms with van der Waals surface area (Å²) in [6.45, 7) is 0. The Morgan fingerprint density at radius 2 is 1.40 bits per heavy atom. The van der Waals surface area contributed by atoms with E-state index in [1.807, 2.05) is 91.1 Å². The predicted octanol–water partition coefficient (Wildman–Crippen LogP) is 3.51. The van der Waals surface area contributed by atoms with E-state index in [1.165, 1.54) is 0 Å². The van der Waals surface area contributed by atoms with Crippen LogP contribution in [0.15, 0.2) is 91.1 Å². The van der Waals surface area contributed by atoms with Crippen LogP contribution in [-0.4, -0.2) is 22.8 Å². The van der Waals surface area contributed by atoms with Crippen LogP contribution in [-0.2, 0) is 16.0 Å². The number of carbonyl (C=O) groups excluding carboxylic acids is 2. The first kappa shape index (κ1) is 19.5. The average Bonchev–Trinajstić information content (AvgIpc) is 3.18. The molecular formula is C25H23N3O2. The number of primary amides is 1. The number of nitrogens with two attached hydrogens (primary N) is 1. The van der Waals surface area contributed by atoms with E-state index in [0.717, 1.165) is 27.6 Å². The van der Waals surface area contributed by atoms with Gasteiger partial charge in [-0.3, -0.25) is 9.59 Å². The van der Waals surface area contributed by atoms with Crippen molar-refractivity contribution in [1.82, 2.24) is 10.3 Å². The van der Waals surface area contributed by atoms with E-state index in [4.69, 9.17) is 5.73 Å². The second-order valence-corrected chi connectivity index (χ2v) is 7.28. The van der Waals surface area contributed by atoms with Crippen molar-refractivity contribution in [3.8, 4) is 0 Å². The Bertz CT molecular complexity index is 1110. The summed E-state index contributed by atoms with van der Waals surface area (Å²) in [5.74, 6) is -1.35. The van der Waals surface area contributed by atoms with Crippen molar-refractivity contribution < 1.29 is 9.59 Å². The van der Waals surface area contributed by atoms with Gasteiger partial charge in [0.15, 0.2) is 0 Å². The van der Waals surface area contributed by atoms with Gasteiger partial charge in [0.2, 0.25) is 11.8 Å². The molecule has 0 saturated carbocycles. The molecule has 2 amide bonds. The summed E-state index contributed by atoms with van der Waals surface area (Å²) in [4.78, 5) is 28.7. The Morgan fingerprint density at radius 3 is 2.00 bits per heavy atom. The van der Waals surface area contributed by atoms with E-state index in [0.29, 0.717) is 6.42 Å². The summed E-state index contributed by atoms with van der Waals surface area (Å²) in [6, 6.07) is 26.1. The van der Waals surface area contributed by atoms with Gasteiger partial charge in [-0.15, -0.1) is 0 Å². The number of aromatic nitrogens is 1. The number of nitrogens with one attached hydrogen (secondary N) is 2. The summed E-state index contributed by atoms with van der Waals surface area (Å²) >= 11 is 0. The first-order valence-corrected chi connectivity index (χ1v) is 9.88. The minimum absolute atomic E-state index is 0.254. The maximum absolute atomic E-state index is 13.3. The molecule has 0 radical (unpaired) electrons. The molecule has 0 saturated heterocycles. The molecular weight excluding hydrogens is 374 g/mol. The molecule has 0 aliphatic rings. The number of hydrogen-bond acceptors (Lipinski definition) is 2. The Morgan fingerprint density at radius 1 is 0.833 bits per heavy atom. The SMILES string of the molecule is NC(=O)[C@H](Cc1c[nH]c2ccccc12)NC(=O)C(c1ccccc1)c1ccccc1. The van der Waals surface area contributed by atoms with E-state index in [-0.39, 0.29) is 5.91 Å². The topological polar surface area (TPSA) is 88.0 Å². The maximum Gasteiger partial charge on any atom is 0.240 e. The lowest BCUT2D eigenvalue weighted by molar-refractivity contribution is -0.127. The third-order valence-corrected chi connectivity index (χ3v) is 5.29. The lowest BCUT2D eigenvalue weighted by Crippen LogP contribution is -2.47. The largest absolute Gasteiger partial charge is 0.368 e. The zero-order valence-electron chi connectivity index (χ0n) is 16.4. The Balaban J connectivity index is 1.61. The molecule has 0 fully saturated rings. The number of amides is 2. The van der Waals surface area contributed by atoms with Crippen molar-refractivity contribution in [2.75, 3.05) is 0 Å². The highest BCUT2D eigenvalue weighted by molar-refractivity contribution is 5.92. The number of carbonyl (C=O) groups is 2. The fourth-order valence-corrected chi connectivity index (χ4v) is 3.78. The summed E-state index contributed by atoms with van der Waals surface area (Å²) in [6.07, 6.45) is 2.18. The van der Waals surface area contributed by atoms with Gasteiger partial charge >= 0.3 is 0 Å². The average molecular weight is 397 g/mol. The van der Waals surface area contributed by atoms with Gasteiger partial charge in [-0.05, 0) is 22.8 Å². The normalized spacial score (nSPS) is 12.0. The third kappa shape index (κ3) is 4.10. The highest BCUT2D eigenvalue weighted by Gasteiger charge is 2.27. The van der Waals surface area contributed by atoms with Crippen LogP contribution in [0.4, 0.5) is 0 Å². The Hall–Kier alpha value is -3.86. The van der Waals surface area contributed by atoms with Crippen LogP contribution in [0.25, 0.3) is 10.9 Å². The number of benzene rings is 3. The molecule has 4 aromatic rings. The van der Waals surface area contributed by atoms with Crippen molar-refractivity contribution >= 4 is 22.7 Å². The van der Waals surface area contributed by atoms with Crippen molar-refractivity contribution in [1.29, 1.82) is 0 Å². The Labute approximate surface area is 174 Å². The van der Waals surface area contributed by atoms with E-state index in [9.17, 15) is 9.59 Å².